The highest BCUT2D eigenvalue weighted by Crippen LogP contribution is 2.27. The summed E-state index contributed by atoms with van der Waals surface area (Å²) in [6, 6.07) is 7.83. The quantitative estimate of drug-likeness (QED) is 0.902. The molecule has 2 aromatic rings. The van der Waals surface area contributed by atoms with Gasteiger partial charge in [-0.05, 0) is 37.3 Å². The van der Waals surface area contributed by atoms with Crippen LogP contribution < -0.4 is 5.32 Å². The highest BCUT2D eigenvalue weighted by Gasteiger charge is 2.23. The molecule has 0 saturated heterocycles. The van der Waals surface area contributed by atoms with Gasteiger partial charge in [0.2, 0.25) is 0 Å². The summed E-state index contributed by atoms with van der Waals surface area (Å²) in [6.45, 7) is 7.86. The van der Waals surface area contributed by atoms with Crippen molar-refractivity contribution >= 4 is 17.6 Å². The molecule has 1 heterocycles. The molecule has 5 heteroatoms. The van der Waals surface area contributed by atoms with E-state index < -0.39 is 5.97 Å². The lowest BCUT2D eigenvalue weighted by atomic mass is 9.93. The zero-order valence-electron chi connectivity index (χ0n) is 13.1. The first-order valence-electron chi connectivity index (χ1n) is 6.94. The number of amides is 1. The van der Waals surface area contributed by atoms with E-state index in [4.69, 9.17) is 9.52 Å². The van der Waals surface area contributed by atoms with E-state index in [1.165, 1.54) is 12.1 Å². The third-order valence-corrected chi connectivity index (χ3v) is 3.25. The van der Waals surface area contributed by atoms with Crippen LogP contribution in [0.3, 0.4) is 0 Å². The molecule has 2 N–H and O–H groups in total. The molecular formula is C17H19NO4. The molecule has 0 saturated carbocycles. The summed E-state index contributed by atoms with van der Waals surface area (Å²) < 4.78 is 5.67. The maximum atomic E-state index is 12.3. The predicted molar refractivity (Wildman–Crippen MR) is 83.5 cm³/mol. The number of carboxylic acids is 1. The van der Waals surface area contributed by atoms with E-state index in [1.807, 2.05) is 33.8 Å². The minimum atomic E-state index is -1.01. The Balaban J connectivity index is 2.19. The standard InChI is InChI=1S/C17H19NO4/c1-10-9-13(17(2,3)4)22-14(10)15(19)18-12-7-5-11(6-8-12)16(20)21/h5-9H,1-4H3,(H,18,19)(H,20,21). The molecule has 0 unspecified atom stereocenters. The van der Waals surface area contributed by atoms with Crippen molar-refractivity contribution in [1.29, 1.82) is 0 Å². The Morgan fingerprint density at radius 2 is 1.73 bits per heavy atom. The second kappa shape index (κ2) is 5.67. The second-order valence-electron chi connectivity index (χ2n) is 6.21. The molecule has 0 bridgehead atoms. The van der Waals surface area contributed by atoms with Crippen molar-refractivity contribution in [1.82, 2.24) is 0 Å². The summed E-state index contributed by atoms with van der Waals surface area (Å²) in [7, 11) is 0. The first-order chi connectivity index (χ1) is 10.2. The number of anilines is 1. The summed E-state index contributed by atoms with van der Waals surface area (Å²) in [4.78, 5) is 23.1. The van der Waals surface area contributed by atoms with Crippen LogP contribution in [0.2, 0.25) is 0 Å². The lowest BCUT2D eigenvalue weighted by Gasteiger charge is -2.14. The summed E-state index contributed by atoms with van der Waals surface area (Å²) in [5, 5.41) is 11.6. The normalized spacial score (nSPS) is 11.3. The molecule has 0 fully saturated rings. The molecular weight excluding hydrogens is 282 g/mol. The lowest BCUT2D eigenvalue weighted by Crippen LogP contribution is -2.13. The number of hydrogen-bond acceptors (Lipinski definition) is 3. The third kappa shape index (κ3) is 3.36. The van der Waals surface area contributed by atoms with Gasteiger partial charge in [-0.3, -0.25) is 4.79 Å². The molecule has 0 radical (unpaired) electrons. The van der Waals surface area contributed by atoms with Gasteiger partial charge in [-0.2, -0.15) is 0 Å². The molecule has 22 heavy (non-hydrogen) atoms. The Labute approximate surface area is 129 Å². The van der Waals surface area contributed by atoms with Crippen molar-refractivity contribution in [3.8, 4) is 0 Å². The van der Waals surface area contributed by atoms with Crippen LogP contribution >= 0.6 is 0 Å². The monoisotopic (exact) mass is 301 g/mol. The number of aromatic carboxylic acids is 1. The maximum absolute atomic E-state index is 12.3. The number of nitrogens with one attached hydrogen (secondary N) is 1. The largest absolute Gasteiger partial charge is 0.478 e. The van der Waals surface area contributed by atoms with Crippen LogP contribution in [-0.2, 0) is 5.41 Å². The number of carboxylic acid groups (broad SMARTS) is 1. The lowest BCUT2D eigenvalue weighted by molar-refractivity contribution is 0.0696. The molecule has 1 amide bonds. The number of aryl methyl sites for hydroxylation is 1. The molecule has 2 rings (SSSR count). The first-order valence-corrected chi connectivity index (χ1v) is 6.94. The van der Waals surface area contributed by atoms with Crippen molar-refractivity contribution in [3.05, 3.63) is 53.0 Å². The van der Waals surface area contributed by atoms with Gasteiger partial charge >= 0.3 is 5.97 Å². The van der Waals surface area contributed by atoms with E-state index >= 15 is 0 Å². The number of carbonyl (C=O) groups excluding carboxylic acids is 1. The Morgan fingerprint density at radius 1 is 1.14 bits per heavy atom. The number of rotatable bonds is 3. The number of hydrogen-bond donors (Lipinski definition) is 2. The molecule has 5 nitrogen and oxygen atoms in total. The third-order valence-electron chi connectivity index (χ3n) is 3.25. The van der Waals surface area contributed by atoms with E-state index in [0.717, 1.165) is 11.3 Å². The maximum Gasteiger partial charge on any atom is 0.335 e. The summed E-state index contributed by atoms with van der Waals surface area (Å²) in [6.07, 6.45) is 0. The number of carbonyl (C=O) groups is 2. The van der Waals surface area contributed by atoms with Gasteiger partial charge in [0.1, 0.15) is 5.76 Å². The minimum Gasteiger partial charge on any atom is -0.478 e. The Hall–Kier alpha value is -2.56. The van der Waals surface area contributed by atoms with E-state index in [0.29, 0.717) is 5.69 Å². The summed E-state index contributed by atoms with van der Waals surface area (Å²) >= 11 is 0. The smallest absolute Gasteiger partial charge is 0.335 e. The average Bonchev–Trinajstić information content (AvgIpc) is 2.81. The van der Waals surface area contributed by atoms with Gasteiger partial charge in [-0.1, -0.05) is 20.8 Å². The fourth-order valence-corrected chi connectivity index (χ4v) is 1.96. The molecule has 116 valence electrons. The molecule has 0 aliphatic carbocycles. The Kier molecular flexibility index (Phi) is 4.08. The SMILES string of the molecule is Cc1cc(C(C)(C)C)oc1C(=O)Nc1ccc(C(=O)O)cc1. The van der Waals surface area contributed by atoms with Gasteiger partial charge in [0.25, 0.3) is 5.91 Å². The molecule has 0 atom stereocenters. The zero-order valence-corrected chi connectivity index (χ0v) is 13.1. The zero-order chi connectivity index (χ0) is 16.5. The Morgan fingerprint density at radius 3 is 2.18 bits per heavy atom. The van der Waals surface area contributed by atoms with Gasteiger partial charge in [-0.15, -0.1) is 0 Å². The van der Waals surface area contributed by atoms with E-state index in [1.54, 1.807) is 12.1 Å². The van der Waals surface area contributed by atoms with E-state index in [-0.39, 0.29) is 22.6 Å². The average molecular weight is 301 g/mol. The predicted octanol–water partition coefficient (Wildman–Crippen LogP) is 3.84. The topological polar surface area (TPSA) is 79.5 Å². The van der Waals surface area contributed by atoms with Crippen LogP contribution in [0.15, 0.2) is 34.7 Å². The molecule has 1 aromatic carbocycles. The fourth-order valence-electron chi connectivity index (χ4n) is 1.96. The Bertz CT molecular complexity index is 705. The highest BCUT2D eigenvalue weighted by atomic mass is 16.4. The van der Waals surface area contributed by atoms with Crippen LogP contribution in [0.1, 0.15) is 53.0 Å². The van der Waals surface area contributed by atoms with Crippen molar-refractivity contribution in [2.24, 2.45) is 0 Å². The minimum absolute atomic E-state index is 0.169. The fraction of sp³-hybridized carbons (Fsp3) is 0.294. The van der Waals surface area contributed by atoms with Gasteiger partial charge in [0.15, 0.2) is 5.76 Å². The van der Waals surface area contributed by atoms with Crippen molar-refractivity contribution < 1.29 is 19.1 Å². The van der Waals surface area contributed by atoms with Crippen LogP contribution in [-0.4, -0.2) is 17.0 Å². The van der Waals surface area contributed by atoms with Crippen molar-refractivity contribution in [2.75, 3.05) is 5.32 Å². The summed E-state index contributed by atoms with van der Waals surface area (Å²) in [5.41, 5.74) is 1.28. The van der Waals surface area contributed by atoms with Gasteiger partial charge in [0.05, 0.1) is 5.56 Å². The van der Waals surface area contributed by atoms with Crippen LogP contribution in [0.4, 0.5) is 5.69 Å². The number of benzene rings is 1. The number of furan rings is 1. The molecule has 0 aliphatic rings. The summed E-state index contributed by atoms with van der Waals surface area (Å²) in [5.74, 6) is -0.339. The van der Waals surface area contributed by atoms with E-state index in [2.05, 4.69) is 5.32 Å². The van der Waals surface area contributed by atoms with Crippen molar-refractivity contribution in [3.63, 3.8) is 0 Å². The van der Waals surface area contributed by atoms with Crippen LogP contribution in [0.25, 0.3) is 0 Å². The molecule has 0 aliphatic heterocycles. The van der Waals surface area contributed by atoms with Gasteiger partial charge in [0, 0.05) is 16.7 Å². The van der Waals surface area contributed by atoms with Crippen LogP contribution in [0, 0.1) is 6.92 Å². The van der Waals surface area contributed by atoms with Gasteiger partial charge in [-0.25, -0.2) is 4.79 Å². The second-order valence-corrected chi connectivity index (χ2v) is 6.21. The first kappa shape index (κ1) is 15.8. The van der Waals surface area contributed by atoms with E-state index in [9.17, 15) is 9.59 Å². The molecule has 0 spiro atoms. The van der Waals surface area contributed by atoms with Crippen LogP contribution in [0.5, 0.6) is 0 Å². The van der Waals surface area contributed by atoms with Gasteiger partial charge < -0.3 is 14.8 Å². The highest BCUT2D eigenvalue weighted by molar-refractivity contribution is 6.03. The molecule has 1 aromatic heterocycles. The van der Waals surface area contributed by atoms with Crippen molar-refractivity contribution in [2.45, 2.75) is 33.1 Å².